The first-order valence-electron chi connectivity index (χ1n) is 6.50. The van der Waals surface area contributed by atoms with Crippen LogP contribution in [0.2, 0.25) is 0 Å². The molecule has 1 unspecified atom stereocenters. The van der Waals surface area contributed by atoms with E-state index in [1.165, 1.54) is 4.88 Å². The summed E-state index contributed by atoms with van der Waals surface area (Å²) >= 11 is 5.18. The highest BCUT2D eigenvalue weighted by Crippen LogP contribution is 2.31. The third kappa shape index (κ3) is 4.00. The second kappa shape index (κ2) is 6.65. The number of hydrogen-bond donors (Lipinski definition) is 2. The SMILES string of the molecule is CN(CC1(O)CCOCC1)C(CN)c1ccc(Br)s1. The number of ether oxygens (including phenoxy) is 1. The molecule has 1 fully saturated rings. The van der Waals surface area contributed by atoms with Crippen molar-refractivity contribution >= 4 is 27.3 Å². The molecule has 1 saturated heterocycles. The van der Waals surface area contributed by atoms with Gasteiger partial charge in [0.15, 0.2) is 0 Å². The number of rotatable bonds is 5. The monoisotopic (exact) mass is 348 g/mol. The molecule has 1 atom stereocenters. The number of nitrogens with two attached hydrogens (primary N) is 1. The highest BCUT2D eigenvalue weighted by atomic mass is 79.9. The number of nitrogens with zero attached hydrogens (tertiary/aromatic N) is 1. The van der Waals surface area contributed by atoms with Crippen molar-refractivity contribution in [2.75, 3.05) is 33.4 Å². The number of thiophene rings is 1. The Balaban J connectivity index is 2.02. The van der Waals surface area contributed by atoms with E-state index in [1.54, 1.807) is 11.3 Å². The predicted molar refractivity (Wildman–Crippen MR) is 81.4 cm³/mol. The Morgan fingerprint density at radius 2 is 2.21 bits per heavy atom. The molecular weight excluding hydrogens is 328 g/mol. The van der Waals surface area contributed by atoms with E-state index in [9.17, 15) is 5.11 Å². The molecule has 0 spiro atoms. The van der Waals surface area contributed by atoms with E-state index in [1.807, 2.05) is 13.1 Å². The van der Waals surface area contributed by atoms with Gasteiger partial charge in [-0.2, -0.15) is 0 Å². The topological polar surface area (TPSA) is 58.7 Å². The number of halogens is 1. The molecule has 0 bridgehead atoms. The van der Waals surface area contributed by atoms with Crippen molar-refractivity contribution in [3.05, 3.63) is 20.8 Å². The molecule has 0 aromatic carbocycles. The van der Waals surface area contributed by atoms with Crippen molar-refractivity contribution in [2.45, 2.75) is 24.5 Å². The first kappa shape index (κ1) is 15.4. The smallest absolute Gasteiger partial charge is 0.0818 e. The van der Waals surface area contributed by atoms with Gasteiger partial charge in [0.2, 0.25) is 0 Å². The molecule has 4 nitrogen and oxygen atoms in total. The lowest BCUT2D eigenvalue weighted by Crippen LogP contribution is -2.47. The van der Waals surface area contributed by atoms with Gasteiger partial charge in [-0.25, -0.2) is 0 Å². The Morgan fingerprint density at radius 3 is 2.74 bits per heavy atom. The number of likely N-dealkylation sites (N-methyl/N-ethyl adjacent to an activating group) is 1. The maximum atomic E-state index is 10.6. The van der Waals surface area contributed by atoms with Gasteiger partial charge in [-0.1, -0.05) is 0 Å². The average Bonchev–Trinajstić information content (AvgIpc) is 2.77. The van der Waals surface area contributed by atoms with Crippen molar-refractivity contribution in [2.24, 2.45) is 5.73 Å². The van der Waals surface area contributed by atoms with Crippen molar-refractivity contribution < 1.29 is 9.84 Å². The number of aliphatic hydroxyl groups is 1. The zero-order chi connectivity index (χ0) is 13.9. The highest BCUT2D eigenvalue weighted by molar-refractivity contribution is 9.11. The first-order valence-corrected chi connectivity index (χ1v) is 8.11. The molecule has 1 aliphatic heterocycles. The summed E-state index contributed by atoms with van der Waals surface area (Å²) < 4.78 is 6.42. The fourth-order valence-corrected chi connectivity index (χ4v) is 4.11. The van der Waals surface area contributed by atoms with Crippen LogP contribution in [0.15, 0.2) is 15.9 Å². The van der Waals surface area contributed by atoms with Crippen molar-refractivity contribution in [3.8, 4) is 0 Å². The zero-order valence-corrected chi connectivity index (χ0v) is 13.5. The van der Waals surface area contributed by atoms with Crippen LogP contribution < -0.4 is 5.73 Å². The summed E-state index contributed by atoms with van der Waals surface area (Å²) in [6.45, 7) is 2.47. The van der Waals surface area contributed by atoms with Gasteiger partial charge in [-0.3, -0.25) is 4.90 Å². The fourth-order valence-electron chi connectivity index (χ4n) is 2.50. The van der Waals surface area contributed by atoms with Crippen LogP contribution in [-0.4, -0.2) is 49.0 Å². The Hall–Kier alpha value is 0.0200. The maximum Gasteiger partial charge on any atom is 0.0818 e. The zero-order valence-electron chi connectivity index (χ0n) is 11.1. The number of hydrogen-bond acceptors (Lipinski definition) is 5. The van der Waals surface area contributed by atoms with Gasteiger partial charge in [-0.05, 0) is 35.1 Å². The molecular formula is C13H21BrN2O2S. The summed E-state index contributed by atoms with van der Waals surface area (Å²) in [7, 11) is 2.03. The molecule has 108 valence electrons. The minimum Gasteiger partial charge on any atom is -0.388 e. The molecule has 1 aliphatic rings. The summed E-state index contributed by atoms with van der Waals surface area (Å²) in [4.78, 5) is 3.39. The molecule has 2 heterocycles. The second-order valence-electron chi connectivity index (χ2n) is 5.15. The minimum absolute atomic E-state index is 0.156. The molecule has 6 heteroatoms. The average molecular weight is 349 g/mol. The van der Waals surface area contributed by atoms with Crippen LogP contribution in [-0.2, 0) is 4.74 Å². The molecule has 0 radical (unpaired) electrons. The molecule has 0 aliphatic carbocycles. The van der Waals surface area contributed by atoms with E-state index in [0.717, 1.165) is 3.79 Å². The van der Waals surface area contributed by atoms with Gasteiger partial charge < -0.3 is 15.6 Å². The summed E-state index contributed by atoms with van der Waals surface area (Å²) in [5, 5.41) is 10.6. The van der Waals surface area contributed by atoms with Crippen molar-refractivity contribution in [1.82, 2.24) is 4.90 Å². The summed E-state index contributed by atoms with van der Waals surface area (Å²) in [6.07, 6.45) is 1.39. The Bertz CT molecular complexity index is 407. The quantitative estimate of drug-likeness (QED) is 0.854. The van der Waals surface area contributed by atoms with Crippen LogP contribution in [0.5, 0.6) is 0 Å². The van der Waals surface area contributed by atoms with E-state index < -0.39 is 5.60 Å². The summed E-state index contributed by atoms with van der Waals surface area (Å²) in [5.74, 6) is 0. The molecule has 3 N–H and O–H groups in total. The van der Waals surface area contributed by atoms with E-state index in [0.29, 0.717) is 39.1 Å². The minimum atomic E-state index is -0.644. The first-order chi connectivity index (χ1) is 9.04. The Morgan fingerprint density at radius 1 is 1.53 bits per heavy atom. The highest BCUT2D eigenvalue weighted by Gasteiger charge is 2.33. The standard InChI is InChI=1S/C13H21BrN2O2S/c1-16(9-13(17)4-6-18-7-5-13)10(8-15)11-2-3-12(14)19-11/h2-3,10,17H,4-9,15H2,1H3. The van der Waals surface area contributed by atoms with Gasteiger partial charge in [0.25, 0.3) is 0 Å². The van der Waals surface area contributed by atoms with Crippen LogP contribution in [0, 0.1) is 0 Å². The lowest BCUT2D eigenvalue weighted by Gasteiger charge is -2.38. The van der Waals surface area contributed by atoms with Crippen molar-refractivity contribution in [3.63, 3.8) is 0 Å². The largest absolute Gasteiger partial charge is 0.388 e. The predicted octanol–water partition coefficient (Wildman–Crippen LogP) is 1.98. The Kier molecular flexibility index (Phi) is 5.39. The van der Waals surface area contributed by atoms with Gasteiger partial charge in [0.05, 0.1) is 15.4 Å². The van der Waals surface area contributed by atoms with Crippen LogP contribution in [0.3, 0.4) is 0 Å². The Labute approximate surface area is 126 Å². The van der Waals surface area contributed by atoms with Crippen LogP contribution in [0.4, 0.5) is 0 Å². The third-order valence-corrected chi connectivity index (χ3v) is 5.37. The lowest BCUT2D eigenvalue weighted by atomic mass is 9.93. The molecule has 0 amide bonds. The van der Waals surface area contributed by atoms with Gasteiger partial charge >= 0.3 is 0 Å². The van der Waals surface area contributed by atoms with Gasteiger partial charge in [-0.15, -0.1) is 11.3 Å². The molecule has 19 heavy (non-hydrogen) atoms. The molecule has 0 saturated carbocycles. The van der Waals surface area contributed by atoms with E-state index >= 15 is 0 Å². The second-order valence-corrected chi connectivity index (χ2v) is 7.64. The molecule has 2 rings (SSSR count). The summed E-state index contributed by atoms with van der Waals surface area (Å²) in [6, 6.07) is 4.29. The molecule has 1 aromatic rings. The van der Waals surface area contributed by atoms with Crippen LogP contribution in [0.1, 0.15) is 23.8 Å². The lowest BCUT2D eigenvalue weighted by molar-refractivity contribution is -0.0811. The summed E-state index contributed by atoms with van der Waals surface area (Å²) in [5.41, 5.74) is 5.26. The van der Waals surface area contributed by atoms with E-state index in [2.05, 4.69) is 26.9 Å². The van der Waals surface area contributed by atoms with Crippen LogP contribution >= 0.6 is 27.3 Å². The van der Waals surface area contributed by atoms with Crippen molar-refractivity contribution in [1.29, 1.82) is 0 Å². The normalized spacial score (nSPS) is 20.7. The van der Waals surface area contributed by atoms with Crippen LogP contribution in [0.25, 0.3) is 0 Å². The maximum absolute atomic E-state index is 10.6. The van der Waals surface area contributed by atoms with E-state index in [4.69, 9.17) is 10.5 Å². The fraction of sp³-hybridized carbons (Fsp3) is 0.692. The molecule has 1 aromatic heterocycles. The van der Waals surface area contributed by atoms with Gasteiger partial charge in [0, 0.05) is 44.0 Å². The third-order valence-electron chi connectivity index (χ3n) is 3.64. The van der Waals surface area contributed by atoms with E-state index in [-0.39, 0.29) is 6.04 Å². The van der Waals surface area contributed by atoms with Gasteiger partial charge in [0.1, 0.15) is 0 Å².